The molecular weight excluding hydrogens is 232 g/mol. The normalized spacial score (nSPS) is 10.2. The molecule has 0 nitrogen and oxygen atoms in total. The summed E-state index contributed by atoms with van der Waals surface area (Å²) in [5.41, 5.74) is 2.71. The first-order chi connectivity index (χ1) is 5.74. The van der Waals surface area contributed by atoms with Gasteiger partial charge >= 0.3 is 0 Å². The maximum Gasteiger partial charge on any atom is 0.0207 e. The predicted molar refractivity (Wildman–Crippen MR) is 60.7 cm³/mol. The Kier molecular flexibility index (Phi) is 4.16. The lowest BCUT2D eigenvalue weighted by molar-refractivity contribution is 1.33. The molecule has 12 heavy (non-hydrogen) atoms. The molecule has 0 aliphatic heterocycles. The van der Waals surface area contributed by atoms with Gasteiger partial charge < -0.3 is 0 Å². The van der Waals surface area contributed by atoms with Crippen molar-refractivity contribution in [3.8, 4) is 0 Å². The summed E-state index contributed by atoms with van der Waals surface area (Å²) >= 11 is 5.48. The minimum atomic E-state index is 1.12. The Morgan fingerprint density at radius 1 is 1.42 bits per heavy atom. The lowest BCUT2D eigenvalue weighted by Gasteiger charge is -2.02. The fraction of sp³-hybridized carbons (Fsp3) is 0.400. The lowest BCUT2D eigenvalue weighted by atomic mass is 10.2. The number of aryl methyl sites for hydroxylation is 1. The highest BCUT2D eigenvalue weighted by atomic mass is 79.9. The monoisotopic (exact) mass is 244 g/mol. The number of halogens is 1. The quantitative estimate of drug-likeness (QED) is 0.775. The lowest BCUT2D eigenvalue weighted by Crippen LogP contribution is -1.83. The second-order valence-corrected chi connectivity index (χ2v) is 4.85. The van der Waals surface area contributed by atoms with Gasteiger partial charge in [-0.05, 0) is 29.9 Å². The average molecular weight is 245 g/mol. The first-order valence-corrected chi connectivity index (χ1v) is 6.01. The molecule has 0 amide bonds. The topological polar surface area (TPSA) is 0 Å². The molecule has 0 atom stereocenters. The molecule has 0 saturated carbocycles. The van der Waals surface area contributed by atoms with Crippen LogP contribution < -0.4 is 0 Å². The van der Waals surface area contributed by atoms with E-state index < -0.39 is 0 Å². The summed E-state index contributed by atoms with van der Waals surface area (Å²) in [6, 6.07) is 6.57. The van der Waals surface area contributed by atoms with E-state index >= 15 is 0 Å². The summed E-state index contributed by atoms with van der Waals surface area (Å²) in [5, 5.41) is 0. The molecule has 0 aromatic heterocycles. The van der Waals surface area contributed by atoms with Crippen LogP contribution in [0.4, 0.5) is 0 Å². The van der Waals surface area contributed by atoms with E-state index in [1.165, 1.54) is 21.4 Å². The third-order valence-corrected chi connectivity index (χ3v) is 3.51. The second-order valence-electron chi connectivity index (χ2n) is 2.72. The van der Waals surface area contributed by atoms with Gasteiger partial charge in [0, 0.05) is 10.2 Å². The molecule has 0 unspecified atom stereocenters. The van der Waals surface area contributed by atoms with Crippen LogP contribution in [0.5, 0.6) is 0 Å². The van der Waals surface area contributed by atoms with Gasteiger partial charge in [0.25, 0.3) is 0 Å². The molecule has 0 heterocycles. The largest absolute Gasteiger partial charge is 0.157 e. The number of thioether (sulfide) groups is 1. The zero-order valence-corrected chi connectivity index (χ0v) is 9.83. The summed E-state index contributed by atoms with van der Waals surface area (Å²) in [6.07, 6.45) is 0. The average Bonchev–Trinajstić information content (AvgIpc) is 2.07. The summed E-state index contributed by atoms with van der Waals surface area (Å²) in [5.74, 6) is 2.31. The molecule has 1 aromatic carbocycles. The van der Waals surface area contributed by atoms with Gasteiger partial charge in [-0.3, -0.25) is 0 Å². The maximum atomic E-state index is 3.53. The first-order valence-electron chi connectivity index (χ1n) is 4.07. The Balaban J connectivity index is 2.69. The summed E-state index contributed by atoms with van der Waals surface area (Å²) in [6.45, 7) is 4.30. The maximum absolute atomic E-state index is 3.53. The number of benzene rings is 1. The van der Waals surface area contributed by atoms with E-state index in [0.29, 0.717) is 0 Å². The van der Waals surface area contributed by atoms with Gasteiger partial charge in [0.1, 0.15) is 0 Å². The Morgan fingerprint density at radius 3 is 2.75 bits per heavy atom. The van der Waals surface area contributed by atoms with E-state index in [9.17, 15) is 0 Å². The second kappa shape index (κ2) is 4.93. The van der Waals surface area contributed by atoms with Gasteiger partial charge in [-0.25, -0.2) is 0 Å². The van der Waals surface area contributed by atoms with Gasteiger partial charge in [0.15, 0.2) is 0 Å². The zero-order valence-electron chi connectivity index (χ0n) is 7.43. The molecular formula is C10H13BrS. The first kappa shape index (κ1) is 10.1. The van der Waals surface area contributed by atoms with E-state index in [4.69, 9.17) is 0 Å². The van der Waals surface area contributed by atoms with Gasteiger partial charge in [0.05, 0.1) is 0 Å². The fourth-order valence-corrected chi connectivity index (χ4v) is 1.99. The number of hydrogen-bond donors (Lipinski definition) is 0. The molecule has 1 rings (SSSR count). The SMILES string of the molecule is CCSCc1ccc(C)c(Br)c1. The molecule has 1 aromatic rings. The molecule has 0 N–H and O–H groups in total. The molecule has 0 radical (unpaired) electrons. The fourth-order valence-electron chi connectivity index (χ4n) is 0.946. The van der Waals surface area contributed by atoms with Crippen molar-refractivity contribution in [2.75, 3.05) is 5.75 Å². The van der Waals surface area contributed by atoms with Gasteiger partial charge in [-0.15, -0.1) is 0 Å². The smallest absolute Gasteiger partial charge is 0.0207 e. The van der Waals surface area contributed by atoms with Crippen molar-refractivity contribution in [3.05, 3.63) is 33.8 Å². The van der Waals surface area contributed by atoms with Crippen molar-refractivity contribution < 1.29 is 0 Å². The van der Waals surface area contributed by atoms with Crippen molar-refractivity contribution in [1.29, 1.82) is 0 Å². The van der Waals surface area contributed by atoms with Crippen LogP contribution in [0.1, 0.15) is 18.1 Å². The summed E-state index contributed by atoms with van der Waals surface area (Å²) in [7, 11) is 0. The van der Waals surface area contributed by atoms with Crippen LogP contribution in [0.2, 0.25) is 0 Å². The molecule has 0 saturated heterocycles. The Hall–Kier alpha value is 0.0500. The van der Waals surface area contributed by atoms with E-state index in [-0.39, 0.29) is 0 Å². The molecule has 0 bridgehead atoms. The molecule has 2 heteroatoms. The highest BCUT2D eigenvalue weighted by molar-refractivity contribution is 9.10. The van der Waals surface area contributed by atoms with Crippen molar-refractivity contribution in [3.63, 3.8) is 0 Å². The molecule has 66 valence electrons. The Labute approximate surface area is 86.9 Å². The third-order valence-electron chi connectivity index (χ3n) is 1.71. The molecule has 0 fully saturated rings. The standard InChI is InChI=1S/C10H13BrS/c1-3-12-7-9-5-4-8(2)10(11)6-9/h4-6H,3,7H2,1-2H3. The van der Waals surface area contributed by atoms with E-state index in [0.717, 1.165) is 5.75 Å². The van der Waals surface area contributed by atoms with Crippen molar-refractivity contribution >= 4 is 27.7 Å². The van der Waals surface area contributed by atoms with Crippen LogP contribution in [-0.2, 0) is 5.75 Å². The predicted octanol–water partition coefficient (Wildman–Crippen LogP) is 4.01. The highest BCUT2D eigenvalue weighted by Crippen LogP contribution is 2.20. The molecule has 0 aliphatic rings. The van der Waals surface area contributed by atoms with Crippen LogP contribution in [0, 0.1) is 6.92 Å². The van der Waals surface area contributed by atoms with Gasteiger partial charge in [-0.2, -0.15) is 11.8 Å². The van der Waals surface area contributed by atoms with Crippen LogP contribution >= 0.6 is 27.7 Å². The number of hydrogen-bond acceptors (Lipinski definition) is 1. The highest BCUT2D eigenvalue weighted by Gasteiger charge is 1.96. The summed E-state index contributed by atoms with van der Waals surface area (Å²) in [4.78, 5) is 0. The van der Waals surface area contributed by atoms with E-state index in [1.54, 1.807) is 0 Å². The van der Waals surface area contributed by atoms with Gasteiger partial charge in [0.2, 0.25) is 0 Å². The Bertz CT molecular complexity index is 258. The third kappa shape index (κ3) is 2.83. The van der Waals surface area contributed by atoms with Crippen LogP contribution in [-0.4, -0.2) is 5.75 Å². The van der Waals surface area contributed by atoms with E-state index in [2.05, 4.69) is 48.0 Å². The minimum absolute atomic E-state index is 1.12. The van der Waals surface area contributed by atoms with Crippen LogP contribution in [0.15, 0.2) is 22.7 Å². The van der Waals surface area contributed by atoms with Crippen molar-refractivity contribution in [1.82, 2.24) is 0 Å². The van der Waals surface area contributed by atoms with Crippen molar-refractivity contribution in [2.24, 2.45) is 0 Å². The van der Waals surface area contributed by atoms with E-state index in [1.807, 2.05) is 11.8 Å². The minimum Gasteiger partial charge on any atom is -0.157 e. The summed E-state index contributed by atoms with van der Waals surface area (Å²) < 4.78 is 1.22. The van der Waals surface area contributed by atoms with Gasteiger partial charge in [-0.1, -0.05) is 35.0 Å². The van der Waals surface area contributed by atoms with Crippen molar-refractivity contribution in [2.45, 2.75) is 19.6 Å². The zero-order chi connectivity index (χ0) is 8.97. The molecule has 0 aliphatic carbocycles. The Morgan fingerprint density at radius 2 is 2.17 bits per heavy atom. The van der Waals surface area contributed by atoms with Crippen LogP contribution in [0.25, 0.3) is 0 Å². The molecule has 0 spiro atoms. The van der Waals surface area contributed by atoms with Crippen LogP contribution in [0.3, 0.4) is 0 Å². The number of rotatable bonds is 3.